The Bertz CT molecular complexity index is 299. The summed E-state index contributed by atoms with van der Waals surface area (Å²) in [6, 6.07) is 0.0945. The van der Waals surface area contributed by atoms with E-state index < -0.39 is 14.3 Å². The van der Waals surface area contributed by atoms with Crippen molar-refractivity contribution in [2.24, 2.45) is 5.10 Å². The van der Waals surface area contributed by atoms with Crippen molar-refractivity contribution in [2.45, 2.75) is 41.1 Å². The Morgan fingerprint density at radius 1 is 1.24 bits per heavy atom. The van der Waals surface area contributed by atoms with Crippen LogP contribution >= 0.6 is 58.0 Å². The molecule has 0 aromatic heterocycles. The lowest BCUT2D eigenvalue weighted by Crippen LogP contribution is -2.58. The van der Waals surface area contributed by atoms with Gasteiger partial charge in [-0.3, -0.25) is 5.01 Å². The summed E-state index contributed by atoms with van der Waals surface area (Å²) in [5.41, 5.74) is 0. The molecule has 1 rings (SSSR count). The van der Waals surface area contributed by atoms with Crippen LogP contribution in [0.1, 0.15) is 20.8 Å². The van der Waals surface area contributed by atoms with Crippen LogP contribution in [0.25, 0.3) is 0 Å². The van der Waals surface area contributed by atoms with Crippen LogP contribution in [-0.4, -0.2) is 43.1 Å². The Labute approximate surface area is 127 Å². The fourth-order valence-electron chi connectivity index (χ4n) is 1.60. The van der Waals surface area contributed by atoms with Gasteiger partial charge >= 0.3 is 0 Å². The van der Waals surface area contributed by atoms with Crippen LogP contribution in [0.5, 0.6) is 0 Å². The molecule has 0 aliphatic carbocycles. The van der Waals surface area contributed by atoms with Gasteiger partial charge in [-0.15, -0.1) is 0 Å². The molecular weight excluding hydrogens is 327 g/mol. The normalized spacial score (nSPS) is 21.8. The van der Waals surface area contributed by atoms with Crippen LogP contribution in [0.4, 0.5) is 0 Å². The summed E-state index contributed by atoms with van der Waals surface area (Å²) < 4.78 is -3.40. The molecule has 1 aliphatic heterocycles. The number of nitrogens with zero attached hydrogens (tertiary/aromatic N) is 3. The number of hydrogen-bond donors (Lipinski definition) is 0. The molecule has 100 valence electrons. The van der Waals surface area contributed by atoms with Gasteiger partial charge in [0, 0.05) is 12.6 Å². The second kappa shape index (κ2) is 5.38. The van der Waals surface area contributed by atoms with E-state index in [4.69, 9.17) is 58.0 Å². The van der Waals surface area contributed by atoms with Crippen LogP contribution in [0.15, 0.2) is 5.10 Å². The van der Waals surface area contributed by atoms with Crippen molar-refractivity contribution in [3.8, 4) is 0 Å². The van der Waals surface area contributed by atoms with E-state index in [1.807, 2.05) is 25.7 Å². The monoisotopic (exact) mass is 339 g/mol. The Balaban J connectivity index is 3.07. The van der Waals surface area contributed by atoms with Crippen molar-refractivity contribution in [3.63, 3.8) is 0 Å². The first kappa shape index (κ1) is 15.8. The highest BCUT2D eigenvalue weighted by Crippen LogP contribution is 2.51. The molecule has 1 aliphatic rings. The zero-order valence-electron chi connectivity index (χ0n) is 9.67. The van der Waals surface area contributed by atoms with E-state index in [1.165, 1.54) is 0 Å². The van der Waals surface area contributed by atoms with E-state index in [9.17, 15) is 0 Å². The van der Waals surface area contributed by atoms with Crippen LogP contribution in [-0.2, 0) is 0 Å². The fourth-order valence-corrected chi connectivity index (χ4v) is 2.34. The SMILES string of the molecule is CCN1C=NN(C(C)C)C1C(Cl)(Cl)C(Cl)(Cl)Cl. The summed E-state index contributed by atoms with van der Waals surface area (Å²) in [7, 11) is 0. The van der Waals surface area contributed by atoms with Crippen molar-refractivity contribution in [1.82, 2.24) is 9.91 Å². The van der Waals surface area contributed by atoms with Crippen molar-refractivity contribution >= 4 is 64.3 Å². The van der Waals surface area contributed by atoms with Gasteiger partial charge < -0.3 is 4.90 Å². The summed E-state index contributed by atoms with van der Waals surface area (Å²) in [6.45, 7) is 6.54. The van der Waals surface area contributed by atoms with E-state index in [1.54, 1.807) is 11.3 Å². The lowest BCUT2D eigenvalue weighted by atomic mass is 10.2. The van der Waals surface area contributed by atoms with Gasteiger partial charge in [-0.25, -0.2) is 0 Å². The van der Waals surface area contributed by atoms with Crippen LogP contribution in [0, 0.1) is 0 Å². The lowest BCUT2D eigenvalue weighted by Gasteiger charge is -2.42. The largest absolute Gasteiger partial charge is 0.337 e. The van der Waals surface area contributed by atoms with Crippen molar-refractivity contribution in [3.05, 3.63) is 0 Å². The summed E-state index contributed by atoms with van der Waals surface area (Å²) in [4.78, 5) is 1.84. The molecule has 0 saturated carbocycles. The maximum Gasteiger partial charge on any atom is 0.227 e. The molecule has 1 unspecified atom stereocenters. The van der Waals surface area contributed by atoms with Gasteiger partial charge in [0.15, 0.2) is 6.17 Å². The van der Waals surface area contributed by atoms with Gasteiger partial charge in [-0.05, 0) is 20.8 Å². The molecule has 1 heterocycles. The number of hydrogen-bond acceptors (Lipinski definition) is 3. The summed E-state index contributed by atoms with van der Waals surface area (Å²) in [5, 5.41) is 5.97. The second-order valence-electron chi connectivity index (χ2n) is 4.03. The first-order chi connectivity index (χ1) is 7.63. The number of alkyl halides is 5. The van der Waals surface area contributed by atoms with Crippen LogP contribution in [0.3, 0.4) is 0 Å². The highest BCUT2D eigenvalue weighted by molar-refractivity contribution is 6.75. The Morgan fingerprint density at radius 3 is 2.12 bits per heavy atom. The van der Waals surface area contributed by atoms with Crippen LogP contribution < -0.4 is 0 Å². The molecule has 8 heteroatoms. The minimum Gasteiger partial charge on any atom is -0.337 e. The zero-order chi connectivity index (χ0) is 13.4. The molecule has 0 bridgehead atoms. The van der Waals surface area contributed by atoms with E-state index in [2.05, 4.69) is 5.10 Å². The molecular formula is C9H14Cl5N3. The van der Waals surface area contributed by atoms with E-state index in [0.29, 0.717) is 6.54 Å². The average molecular weight is 341 g/mol. The molecule has 0 amide bonds. The fraction of sp³-hybridized carbons (Fsp3) is 0.889. The third-order valence-electron chi connectivity index (χ3n) is 2.49. The average Bonchev–Trinajstić information content (AvgIpc) is 2.59. The van der Waals surface area contributed by atoms with Crippen molar-refractivity contribution < 1.29 is 0 Å². The Hall–Kier alpha value is 0.720. The maximum absolute atomic E-state index is 6.24. The molecule has 1 atom stereocenters. The third-order valence-corrected chi connectivity index (χ3v) is 4.93. The van der Waals surface area contributed by atoms with Gasteiger partial charge in [-0.2, -0.15) is 5.10 Å². The standard InChI is InChI=1S/C9H14Cl5N3/c1-4-16-5-15-17(6(2)3)7(16)8(10,11)9(12,13)14/h5-7H,4H2,1-3H3. The smallest absolute Gasteiger partial charge is 0.227 e. The molecule has 17 heavy (non-hydrogen) atoms. The van der Waals surface area contributed by atoms with Crippen molar-refractivity contribution in [1.29, 1.82) is 0 Å². The minimum atomic E-state index is -1.81. The molecule has 0 N–H and O–H groups in total. The molecule has 0 saturated heterocycles. The molecule has 0 aromatic rings. The molecule has 0 spiro atoms. The van der Waals surface area contributed by atoms with Gasteiger partial charge in [0.2, 0.25) is 8.13 Å². The minimum absolute atomic E-state index is 0.0945. The predicted molar refractivity (Wildman–Crippen MR) is 76.4 cm³/mol. The topological polar surface area (TPSA) is 18.8 Å². The number of hydrazone groups is 1. The van der Waals surface area contributed by atoms with Crippen LogP contribution in [0.2, 0.25) is 0 Å². The molecule has 0 aromatic carbocycles. The Kier molecular flexibility index (Phi) is 4.99. The third kappa shape index (κ3) is 3.01. The molecule has 3 nitrogen and oxygen atoms in total. The second-order valence-corrected chi connectivity index (χ2v) is 7.70. The van der Waals surface area contributed by atoms with Crippen molar-refractivity contribution in [2.75, 3.05) is 6.54 Å². The highest BCUT2D eigenvalue weighted by Gasteiger charge is 2.57. The van der Waals surface area contributed by atoms with Gasteiger partial charge in [-0.1, -0.05) is 58.0 Å². The summed E-state index contributed by atoms with van der Waals surface area (Å²) in [5.74, 6) is 0. The van der Waals surface area contributed by atoms with Gasteiger partial charge in [0.25, 0.3) is 0 Å². The predicted octanol–water partition coefficient (Wildman–Crippen LogP) is 3.85. The van der Waals surface area contributed by atoms with E-state index in [0.717, 1.165) is 0 Å². The van der Waals surface area contributed by atoms with E-state index in [-0.39, 0.29) is 6.04 Å². The number of halogens is 5. The Morgan fingerprint density at radius 2 is 1.76 bits per heavy atom. The highest BCUT2D eigenvalue weighted by atomic mass is 35.6. The zero-order valence-corrected chi connectivity index (χ0v) is 13.5. The number of rotatable bonds is 3. The molecule has 0 fully saturated rings. The summed E-state index contributed by atoms with van der Waals surface area (Å²) >= 11 is 30.0. The maximum atomic E-state index is 6.24. The first-order valence-corrected chi connectivity index (χ1v) is 7.04. The molecule has 0 radical (unpaired) electrons. The lowest BCUT2D eigenvalue weighted by molar-refractivity contribution is 0.0890. The first-order valence-electron chi connectivity index (χ1n) is 5.15. The van der Waals surface area contributed by atoms with E-state index >= 15 is 0 Å². The summed E-state index contributed by atoms with van der Waals surface area (Å²) in [6.07, 6.45) is 1.14. The van der Waals surface area contributed by atoms with Gasteiger partial charge in [0.1, 0.15) is 6.34 Å². The van der Waals surface area contributed by atoms with Gasteiger partial charge in [0.05, 0.1) is 0 Å². The quantitative estimate of drug-likeness (QED) is 0.726.